The zero-order chi connectivity index (χ0) is 11.4. The van der Waals surface area contributed by atoms with E-state index >= 15 is 0 Å². The number of rotatable bonds is 3. The van der Waals surface area contributed by atoms with Gasteiger partial charge in [-0.2, -0.15) is 0 Å². The minimum atomic E-state index is -0.00513. The Morgan fingerprint density at radius 3 is 2.69 bits per heavy atom. The Morgan fingerprint density at radius 1 is 1.25 bits per heavy atom. The van der Waals surface area contributed by atoms with E-state index in [0.717, 1.165) is 17.8 Å². The molecular formula is C12H13N3O. The number of aryl methyl sites for hydroxylation is 1. The quantitative estimate of drug-likeness (QED) is 0.841. The lowest BCUT2D eigenvalue weighted by molar-refractivity contribution is 0.859. The van der Waals surface area contributed by atoms with Crippen LogP contribution >= 0.6 is 0 Å². The molecule has 0 aliphatic rings. The molecule has 82 valence electrons. The number of hydrogen-bond acceptors (Lipinski definition) is 3. The van der Waals surface area contributed by atoms with Crippen molar-refractivity contribution in [3.05, 3.63) is 58.8 Å². The van der Waals surface area contributed by atoms with E-state index in [1.54, 1.807) is 42.3 Å². The van der Waals surface area contributed by atoms with Crippen LogP contribution in [0.3, 0.4) is 0 Å². The molecule has 2 aromatic heterocycles. The average Bonchev–Trinajstić information content (AvgIpc) is 2.32. The SMILES string of the molecule is Cn1cc(NCc2ccncc2)ccc1=O. The first-order valence-corrected chi connectivity index (χ1v) is 5.05. The van der Waals surface area contributed by atoms with Crippen LogP contribution < -0.4 is 10.9 Å². The van der Waals surface area contributed by atoms with Crippen LogP contribution in [0, 0.1) is 0 Å². The van der Waals surface area contributed by atoms with Crippen molar-refractivity contribution < 1.29 is 0 Å². The average molecular weight is 215 g/mol. The van der Waals surface area contributed by atoms with Crippen molar-refractivity contribution in [1.29, 1.82) is 0 Å². The summed E-state index contributed by atoms with van der Waals surface area (Å²) in [5, 5.41) is 3.24. The van der Waals surface area contributed by atoms with E-state index in [-0.39, 0.29) is 5.56 Å². The van der Waals surface area contributed by atoms with Gasteiger partial charge in [0.25, 0.3) is 0 Å². The first-order valence-electron chi connectivity index (χ1n) is 5.05. The minimum Gasteiger partial charge on any atom is -0.380 e. The van der Waals surface area contributed by atoms with Gasteiger partial charge in [-0.15, -0.1) is 0 Å². The van der Waals surface area contributed by atoms with Crippen LogP contribution in [0.1, 0.15) is 5.56 Å². The Morgan fingerprint density at radius 2 is 2.00 bits per heavy atom. The molecule has 0 radical (unpaired) electrons. The first-order chi connectivity index (χ1) is 7.75. The third kappa shape index (κ3) is 2.48. The zero-order valence-electron chi connectivity index (χ0n) is 9.05. The minimum absolute atomic E-state index is 0.00513. The van der Waals surface area contributed by atoms with Gasteiger partial charge in [0, 0.05) is 38.2 Å². The zero-order valence-corrected chi connectivity index (χ0v) is 9.05. The molecule has 16 heavy (non-hydrogen) atoms. The Hall–Kier alpha value is -2.10. The van der Waals surface area contributed by atoms with Crippen molar-refractivity contribution in [3.63, 3.8) is 0 Å². The summed E-state index contributed by atoms with van der Waals surface area (Å²) in [6.45, 7) is 0.723. The number of aromatic nitrogens is 2. The second-order valence-electron chi connectivity index (χ2n) is 3.58. The van der Waals surface area contributed by atoms with Crippen LogP contribution in [0.5, 0.6) is 0 Å². The molecule has 2 rings (SSSR count). The molecule has 0 unspecified atom stereocenters. The molecule has 0 bridgehead atoms. The van der Waals surface area contributed by atoms with Gasteiger partial charge in [-0.3, -0.25) is 9.78 Å². The van der Waals surface area contributed by atoms with Crippen LogP contribution in [0.25, 0.3) is 0 Å². The van der Waals surface area contributed by atoms with Gasteiger partial charge in [-0.1, -0.05) is 0 Å². The Bertz CT molecular complexity index is 519. The largest absolute Gasteiger partial charge is 0.380 e. The second-order valence-corrected chi connectivity index (χ2v) is 3.58. The number of nitrogens with zero attached hydrogens (tertiary/aromatic N) is 2. The summed E-state index contributed by atoms with van der Waals surface area (Å²) in [5.41, 5.74) is 2.08. The molecule has 0 aromatic carbocycles. The van der Waals surface area contributed by atoms with E-state index in [9.17, 15) is 4.79 Å². The Kier molecular flexibility index (Phi) is 3.00. The molecule has 1 N–H and O–H groups in total. The standard InChI is InChI=1S/C12H13N3O/c1-15-9-11(2-3-12(15)16)14-8-10-4-6-13-7-5-10/h2-7,9,14H,8H2,1H3. The van der Waals surface area contributed by atoms with E-state index in [0.29, 0.717) is 0 Å². The topological polar surface area (TPSA) is 46.9 Å². The van der Waals surface area contributed by atoms with E-state index in [1.165, 1.54) is 0 Å². The van der Waals surface area contributed by atoms with E-state index in [2.05, 4.69) is 10.3 Å². The summed E-state index contributed by atoms with van der Waals surface area (Å²) < 4.78 is 1.55. The van der Waals surface area contributed by atoms with Crippen molar-refractivity contribution in [1.82, 2.24) is 9.55 Å². The van der Waals surface area contributed by atoms with Crippen molar-refractivity contribution in [3.8, 4) is 0 Å². The summed E-state index contributed by atoms with van der Waals surface area (Å²) in [4.78, 5) is 15.1. The number of anilines is 1. The maximum absolute atomic E-state index is 11.2. The normalized spacial score (nSPS) is 10.1. The summed E-state index contributed by atoms with van der Waals surface area (Å²) in [5.74, 6) is 0. The third-order valence-corrected chi connectivity index (χ3v) is 2.33. The predicted molar refractivity (Wildman–Crippen MR) is 63.2 cm³/mol. The fourth-order valence-electron chi connectivity index (χ4n) is 1.40. The van der Waals surface area contributed by atoms with Gasteiger partial charge >= 0.3 is 0 Å². The molecule has 2 heterocycles. The Labute approximate surface area is 93.6 Å². The lowest BCUT2D eigenvalue weighted by atomic mass is 10.2. The molecule has 0 fully saturated rings. The first kappa shape index (κ1) is 10.4. The van der Waals surface area contributed by atoms with Crippen LogP contribution in [0.2, 0.25) is 0 Å². The summed E-state index contributed by atoms with van der Waals surface area (Å²) in [6.07, 6.45) is 5.30. The molecule has 0 amide bonds. The highest BCUT2D eigenvalue weighted by Crippen LogP contribution is 2.05. The fraction of sp³-hybridized carbons (Fsp3) is 0.167. The number of pyridine rings is 2. The molecule has 0 aliphatic heterocycles. The van der Waals surface area contributed by atoms with E-state index in [1.807, 2.05) is 12.1 Å². The van der Waals surface area contributed by atoms with Crippen LogP contribution in [-0.4, -0.2) is 9.55 Å². The third-order valence-electron chi connectivity index (χ3n) is 2.33. The van der Waals surface area contributed by atoms with Crippen LogP contribution in [0.15, 0.2) is 47.7 Å². The molecule has 0 saturated carbocycles. The number of hydrogen-bond donors (Lipinski definition) is 1. The lowest BCUT2D eigenvalue weighted by Gasteiger charge is -2.07. The van der Waals surface area contributed by atoms with Gasteiger partial charge < -0.3 is 9.88 Å². The predicted octanol–water partition coefficient (Wildman–Crippen LogP) is 1.39. The van der Waals surface area contributed by atoms with Gasteiger partial charge in [0.15, 0.2) is 0 Å². The van der Waals surface area contributed by atoms with E-state index < -0.39 is 0 Å². The monoisotopic (exact) mass is 215 g/mol. The highest BCUT2D eigenvalue weighted by atomic mass is 16.1. The van der Waals surface area contributed by atoms with Crippen LogP contribution in [0.4, 0.5) is 5.69 Å². The molecule has 4 nitrogen and oxygen atoms in total. The Balaban J connectivity index is 2.05. The summed E-state index contributed by atoms with van der Waals surface area (Å²) >= 11 is 0. The molecule has 0 saturated heterocycles. The highest BCUT2D eigenvalue weighted by Gasteiger charge is 1.95. The molecular weight excluding hydrogens is 202 g/mol. The summed E-state index contributed by atoms with van der Waals surface area (Å²) in [7, 11) is 1.74. The molecule has 0 spiro atoms. The second kappa shape index (κ2) is 4.61. The summed E-state index contributed by atoms with van der Waals surface area (Å²) in [6, 6.07) is 7.24. The van der Waals surface area contributed by atoms with Crippen LogP contribution in [-0.2, 0) is 13.6 Å². The molecule has 0 atom stereocenters. The van der Waals surface area contributed by atoms with Gasteiger partial charge in [0.2, 0.25) is 5.56 Å². The lowest BCUT2D eigenvalue weighted by Crippen LogP contribution is -2.15. The highest BCUT2D eigenvalue weighted by molar-refractivity contribution is 5.40. The van der Waals surface area contributed by atoms with Crippen molar-refractivity contribution >= 4 is 5.69 Å². The van der Waals surface area contributed by atoms with E-state index in [4.69, 9.17) is 0 Å². The van der Waals surface area contributed by atoms with Crippen molar-refractivity contribution in [2.24, 2.45) is 7.05 Å². The van der Waals surface area contributed by atoms with Gasteiger partial charge in [0.1, 0.15) is 0 Å². The van der Waals surface area contributed by atoms with Gasteiger partial charge in [-0.05, 0) is 23.8 Å². The van der Waals surface area contributed by atoms with Crippen molar-refractivity contribution in [2.75, 3.05) is 5.32 Å². The molecule has 2 aromatic rings. The number of nitrogens with one attached hydrogen (secondary N) is 1. The maximum Gasteiger partial charge on any atom is 0.250 e. The smallest absolute Gasteiger partial charge is 0.250 e. The van der Waals surface area contributed by atoms with Crippen molar-refractivity contribution in [2.45, 2.75) is 6.54 Å². The van der Waals surface area contributed by atoms with Gasteiger partial charge in [-0.25, -0.2) is 0 Å². The molecule has 0 aliphatic carbocycles. The maximum atomic E-state index is 11.2. The van der Waals surface area contributed by atoms with Gasteiger partial charge in [0.05, 0.1) is 5.69 Å². The molecule has 4 heteroatoms. The fourth-order valence-corrected chi connectivity index (χ4v) is 1.40.